The standard InChI is InChI=1S/C9H10N8O/c10-9-14-16-17(15-9)6-8(18)13-12-5-7-3-1-2-4-11-7/h1-5H,6H2,(H2,10,15)(H,13,18)/b12-5+. The van der Waals surface area contributed by atoms with Crippen LogP contribution < -0.4 is 11.2 Å². The van der Waals surface area contributed by atoms with Crippen molar-refractivity contribution in [2.75, 3.05) is 5.73 Å². The van der Waals surface area contributed by atoms with Gasteiger partial charge in [0.05, 0.1) is 11.9 Å². The van der Waals surface area contributed by atoms with Crippen LogP contribution >= 0.6 is 0 Å². The minimum absolute atomic E-state index is 0.0137. The van der Waals surface area contributed by atoms with Gasteiger partial charge in [0, 0.05) is 6.20 Å². The maximum atomic E-state index is 11.4. The molecule has 0 radical (unpaired) electrons. The van der Waals surface area contributed by atoms with Gasteiger partial charge < -0.3 is 5.73 Å². The van der Waals surface area contributed by atoms with Crippen LogP contribution in [0.5, 0.6) is 0 Å². The zero-order valence-electron chi connectivity index (χ0n) is 9.26. The first kappa shape index (κ1) is 11.6. The van der Waals surface area contributed by atoms with Crippen molar-refractivity contribution in [3.63, 3.8) is 0 Å². The van der Waals surface area contributed by atoms with Crippen LogP contribution in [-0.4, -0.2) is 37.3 Å². The number of nitrogens with two attached hydrogens (primary N) is 1. The van der Waals surface area contributed by atoms with E-state index < -0.39 is 0 Å². The molecule has 0 aromatic carbocycles. The predicted molar refractivity (Wildman–Crippen MR) is 62.2 cm³/mol. The highest BCUT2D eigenvalue weighted by Crippen LogP contribution is 1.88. The van der Waals surface area contributed by atoms with E-state index in [1.807, 2.05) is 6.07 Å². The summed E-state index contributed by atoms with van der Waals surface area (Å²) in [6.45, 7) is -0.107. The third-order valence-corrected chi connectivity index (χ3v) is 1.83. The Morgan fingerprint density at radius 2 is 2.44 bits per heavy atom. The normalized spacial score (nSPS) is 10.7. The van der Waals surface area contributed by atoms with Gasteiger partial charge in [-0.1, -0.05) is 11.2 Å². The van der Waals surface area contributed by atoms with Crippen molar-refractivity contribution in [3.05, 3.63) is 30.1 Å². The number of amides is 1. The smallest absolute Gasteiger partial charge is 0.263 e. The number of tetrazole rings is 1. The molecule has 18 heavy (non-hydrogen) atoms. The second-order valence-electron chi connectivity index (χ2n) is 3.23. The molecule has 0 spiro atoms. The summed E-state index contributed by atoms with van der Waals surface area (Å²) in [5, 5.41) is 14.4. The maximum Gasteiger partial charge on any atom is 0.263 e. The molecule has 0 aliphatic carbocycles. The third-order valence-electron chi connectivity index (χ3n) is 1.83. The second kappa shape index (κ2) is 5.48. The lowest BCUT2D eigenvalue weighted by Crippen LogP contribution is -2.24. The van der Waals surface area contributed by atoms with Crippen LogP contribution in [0.25, 0.3) is 0 Å². The number of hydrazone groups is 1. The van der Waals surface area contributed by atoms with Gasteiger partial charge in [-0.3, -0.25) is 9.78 Å². The molecule has 2 aromatic rings. The molecule has 0 bridgehead atoms. The summed E-state index contributed by atoms with van der Waals surface area (Å²) in [4.78, 5) is 16.5. The lowest BCUT2D eigenvalue weighted by molar-refractivity contribution is -0.122. The molecule has 0 aliphatic heterocycles. The SMILES string of the molecule is Nc1nnn(CC(=O)N/N=C/c2ccccn2)n1. The van der Waals surface area contributed by atoms with Crippen molar-refractivity contribution in [1.82, 2.24) is 30.6 Å². The van der Waals surface area contributed by atoms with E-state index in [9.17, 15) is 4.79 Å². The van der Waals surface area contributed by atoms with Gasteiger partial charge in [-0.15, -0.1) is 5.10 Å². The molecule has 1 amide bonds. The summed E-state index contributed by atoms with van der Waals surface area (Å²) >= 11 is 0. The molecular formula is C9H10N8O. The number of rotatable bonds is 4. The number of anilines is 1. The van der Waals surface area contributed by atoms with E-state index in [-0.39, 0.29) is 18.4 Å². The summed E-state index contributed by atoms with van der Waals surface area (Å²) in [6, 6.07) is 5.37. The number of carbonyl (C=O) groups excluding carboxylic acids is 1. The first-order valence-electron chi connectivity index (χ1n) is 5.00. The van der Waals surface area contributed by atoms with Crippen LogP contribution in [0.15, 0.2) is 29.5 Å². The van der Waals surface area contributed by atoms with E-state index >= 15 is 0 Å². The lowest BCUT2D eigenvalue weighted by Gasteiger charge is -1.97. The molecule has 9 nitrogen and oxygen atoms in total. The Balaban J connectivity index is 1.83. The Hall–Kier alpha value is -2.84. The summed E-state index contributed by atoms with van der Waals surface area (Å²) in [5.41, 5.74) is 8.21. The van der Waals surface area contributed by atoms with Crippen molar-refractivity contribution in [3.8, 4) is 0 Å². The molecule has 0 saturated carbocycles. The number of pyridine rings is 1. The van der Waals surface area contributed by atoms with Crippen molar-refractivity contribution in [2.45, 2.75) is 6.54 Å². The largest absolute Gasteiger partial charge is 0.365 e. The Kier molecular flexibility index (Phi) is 3.54. The topological polar surface area (TPSA) is 124 Å². The maximum absolute atomic E-state index is 11.4. The Morgan fingerprint density at radius 1 is 1.56 bits per heavy atom. The fourth-order valence-corrected chi connectivity index (χ4v) is 1.11. The Morgan fingerprint density at radius 3 is 3.11 bits per heavy atom. The van der Waals surface area contributed by atoms with Gasteiger partial charge in [0.2, 0.25) is 0 Å². The fourth-order valence-electron chi connectivity index (χ4n) is 1.11. The van der Waals surface area contributed by atoms with Gasteiger partial charge >= 0.3 is 0 Å². The Bertz CT molecular complexity index is 549. The molecular weight excluding hydrogens is 236 g/mol. The summed E-state index contributed by atoms with van der Waals surface area (Å²) in [6.07, 6.45) is 3.06. The van der Waals surface area contributed by atoms with Gasteiger partial charge in [-0.2, -0.15) is 9.90 Å². The molecule has 2 rings (SSSR count). The molecule has 3 N–H and O–H groups in total. The van der Waals surface area contributed by atoms with Crippen molar-refractivity contribution < 1.29 is 4.79 Å². The van der Waals surface area contributed by atoms with E-state index in [0.717, 1.165) is 4.80 Å². The van der Waals surface area contributed by atoms with Crippen molar-refractivity contribution in [1.29, 1.82) is 0 Å². The number of nitrogens with one attached hydrogen (secondary N) is 1. The summed E-state index contributed by atoms with van der Waals surface area (Å²) in [5.74, 6) is -0.376. The van der Waals surface area contributed by atoms with Crippen molar-refractivity contribution >= 4 is 18.1 Å². The number of hydrogen-bond donors (Lipinski definition) is 2. The molecule has 9 heteroatoms. The van der Waals surface area contributed by atoms with Gasteiger partial charge in [-0.25, -0.2) is 5.43 Å². The van der Waals surface area contributed by atoms with Crippen LogP contribution in [-0.2, 0) is 11.3 Å². The van der Waals surface area contributed by atoms with E-state index in [2.05, 4.69) is 30.9 Å². The minimum atomic E-state index is -0.389. The third kappa shape index (κ3) is 3.33. The average molecular weight is 246 g/mol. The minimum Gasteiger partial charge on any atom is -0.365 e. The number of hydrogen-bond acceptors (Lipinski definition) is 7. The average Bonchev–Trinajstić information content (AvgIpc) is 2.76. The highest BCUT2D eigenvalue weighted by molar-refractivity contribution is 5.80. The van der Waals surface area contributed by atoms with Gasteiger partial charge in [0.25, 0.3) is 11.9 Å². The highest BCUT2D eigenvalue weighted by atomic mass is 16.2. The van der Waals surface area contributed by atoms with Crippen LogP contribution in [0.4, 0.5) is 5.95 Å². The fraction of sp³-hybridized carbons (Fsp3) is 0.111. The molecule has 92 valence electrons. The van der Waals surface area contributed by atoms with Crippen molar-refractivity contribution in [2.24, 2.45) is 5.10 Å². The first-order valence-corrected chi connectivity index (χ1v) is 5.00. The van der Waals surface area contributed by atoms with Gasteiger partial charge in [0.15, 0.2) is 0 Å². The quantitative estimate of drug-likeness (QED) is 0.515. The van der Waals surface area contributed by atoms with Crippen LogP contribution in [0, 0.1) is 0 Å². The highest BCUT2D eigenvalue weighted by Gasteiger charge is 2.04. The van der Waals surface area contributed by atoms with Crippen LogP contribution in [0.3, 0.4) is 0 Å². The summed E-state index contributed by atoms with van der Waals surface area (Å²) < 4.78 is 0. The number of aromatic nitrogens is 5. The zero-order chi connectivity index (χ0) is 12.8. The first-order chi connectivity index (χ1) is 8.74. The molecule has 0 atom stereocenters. The molecule has 0 unspecified atom stereocenters. The second-order valence-corrected chi connectivity index (χ2v) is 3.23. The Labute approximate surface area is 102 Å². The summed E-state index contributed by atoms with van der Waals surface area (Å²) in [7, 11) is 0. The number of nitrogens with zero attached hydrogens (tertiary/aromatic N) is 6. The number of nitrogen functional groups attached to an aromatic ring is 1. The van der Waals surface area contributed by atoms with Crippen LogP contribution in [0.2, 0.25) is 0 Å². The van der Waals surface area contributed by atoms with E-state index in [0.29, 0.717) is 5.69 Å². The van der Waals surface area contributed by atoms with E-state index in [4.69, 9.17) is 5.73 Å². The lowest BCUT2D eigenvalue weighted by atomic mass is 10.4. The molecule has 0 aliphatic rings. The molecule has 0 fully saturated rings. The van der Waals surface area contributed by atoms with E-state index in [1.165, 1.54) is 6.21 Å². The molecule has 2 heterocycles. The molecule has 2 aromatic heterocycles. The zero-order valence-corrected chi connectivity index (χ0v) is 9.26. The van der Waals surface area contributed by atoms with Gasteiger partial charge in [0.1, 0.15) is 6.54 Å². The van der Waals surface area contributed by atoms with Crippen LogP contribution in [0.1, 0.15) is 5.69 Å². The molecule has 0 saturated heterocycles. The predicted octanol–water partition coefficient (Wildman–Crippen LogP) is -1.20. The number of carbonyl (C=O) groups is 1. The monoisotopic (exact) mass is 246 g/mol. The van der Waals surface area contributed by atoms with Gasteiger partial charge in [-0.05, 0) is 17.3 Å². The van der Waals surface area contributed by atoms with E-state index in [1.54, 1.807) is 18.3 Å².